The van der Waals surface area contributed by atoms with E-state index in [4.69, 9.17) is 22.0 Å². The number of nitrogens with zero attached hydrogens (tertiary/aromatic N) is 1. The van der Waals surface area contributed by atoms with E-state index in [9.17, 15) is 0 Å². The Kier molecular flexibility index (Phi) is 2.26. The number of hydrogen-bond acceptors (Lipinski definition) is 2. The van der Waals surface area contributed by atoms with Gasteiger partial charge in [-0.25, -0.2) is 0 Å². The molecule has 0 atom stereocenters. The summed E-state index contributed by atoms with van der Waals surface area (Å²) in [6.45, 7) is 0. The highest BCUT2D eigenvalue weighted by Crippen LogP contribution is 1.92. The third-order valence-electron chi connectivity index (χ3n) is 0.220. The first-order valence-corrected chi connectivity index (χ1v) is 1.59. The highest BCUT2D eigenvalue weighted by atomic mass is 35.5. The molecule has 6 heavy (non-hydrogen) atoms. The maximum atomic E-state index is 7.82. The quantitative estimate of drug-likeness (QED) is 0.369. The molecule has 0 unspecified atom stereocenters. The largest absolute Gasteiger partial charge is 0.513 e. The van der Waals surface area contributed by atoms with Gasteiger partial charge in [0, 0.05) is 0 Å². The molecule has 0 amide bonds. The minimum absolute atomic E-state index is 0.199. The number of aliphatic hydroxyl groups excluding tert-OH is 1. The van der Waals surface area contributed by atoms with Crippen LogP contribution >= 0.6 is 11.6 Å². The van der Waals surface area contributed by atoms with Crippen LogP contribution in [0.4, 0.5) is 0 Å². The van der Waals surface area contributed by atoms with Gasteiger partial charge in [0.2, 0.25) is 0 Å². The second kappa shape index (κ2) is 2.55. The second-order valence-corrected chi connectivity index (χ2v) is 0.996. The predicted molar refractivity (Wildman–Crippen MR) is 22.2 cm³/mol. The van der Waals surface area contributed by atoms with Crippen LogP contribution in [-0.2, 0) is 0 Å². The molecule has 0 aliphatic heterocycles. The van der Waals surface area contributed by atoms with Gasteiger partial charge in [-0.2, -0.15) is 5.26 Å². The maximum Gasteiger partial charge on any atom is 0.152 e. The molecular formula is C3H2ClNO. The molecule has 0 aromatic heterocycles. The molecule has 0 fully saturated rings. The molecular weight excluding hydrogens is 101 g/mol. The first-order chi connectivity index (χ1) is 2.81. The summed E-state index contributed by atoms with van der Waals surface area (Å²) in [7, 11) is 0. The average molecular weight is 104 g/mol. The number of halogens is 1. The standard InChI is InChI=1S/C3H2ClNO/c4-3(1-5)2-6/h2,6H. The number of nitriles is 1. The third kappa shape index (κ3) is 1.62. The van der Waals surface area contributed by atoms with Gasteiger partial charge in [-0.15, -0.1) is 0 Å². The van der Waals surface area contributed by atoms with E-state index in [-0.39, 0.29) is 5.03 Å². The Labute approximate surface area is 40.3 Å². The van der Waals surface area contributed by atoms with Crippen LogP contribution in [0.2, 0.25) is 0 Å². The smallest absolute Gasteiger partial charge is 0.152 e. The molecule has 32 valence electrons. The molecule has 0 aromatic rings. The first-order valence-electron chi connectivity index (χ1n) is 1.21. The fourth-order valence-electron chi connectivity index (χ4n) is 0.0289. The van der Waals surface area contributed by atoms with Gasteiger partial charge >= 0.3 is 0 Å². The Bertz CT molecular complexity index is 102. The monoisotopic (exact) mass is 103 g/mol. The molecule has 0 aliphatic rings. The Morgan fingerprint density at radius 2 is 2.50 bits per heavy atom. The normalized spacial score (nSPS) is 10.3. The van der Waals surface area contributed by atoms with E-state index < -0.39 is 0 Å². The van der Waals surface area contributed by atoms with E-state index in [1.54, 1.807) is 0 Å². The SMILES string of the molecule is N#CC(Cl)=CO. The zero-order valence-corrected chi connectivity index (χ0v) is 3.61. The summed E-state index contributed by atoms with van der Waals surface area (Å²) in [5.41, 5.74) is 0. The Balaban J connectivity index is 3.61. The Hall–Kier alpha value is -0.680. The van der Waals surface area contributed by atoms with Crippen LogP contribution in [-0.4, -0.2) is 5.11 Å². The lowest BCUT2D eigenvalue weighted by Gasteiger charge is -1.67. The van der Waals surface area contributed by atoms with Crippen molar-refractivity contribution in [3.05, 3.63) is 11.3 Å². The van der Waals surface area contributed by atoms with E-state index in [0.29, 0.717) is 6.26 Å². The van der Waals surface area contributed by atoms with Crippen molar-refractivity contribution in [3.63, 3.8) is 0 Å². The lowest BCUT2D eigenvalue weighted by atomic mass is 10.7. The van der Waals surface area contributed by atoms with Crippen LogP contribution in [0.15, 0.2) is 11.3 Å². The minimum atomic E-state index is -0.199. The maximum absolute atomic E-state index is 7.82. The zero-order chi connectivity index (χ0) is 4.99. The van der Waals surface area contributed by atoms with Crippen LogP contribution in [0.25, 0.3) is 0 Å². The number of rotatable bonds is 0. The van der Waals surface area contributed by atoms with Crippen molar-refractivity contribution in [1.29, 1.82) is 5.26 Å². The minimum Gasteiger partial charge on any atom is -0.513 e. The Morgan fingerprint density at radius 1 is 2.00 bits per heavy atom. The van der Waals surface area contributed by atoms with Crippen LogP contribution in [0.3, 0.4) is 0 Å². The zero-order valence-electron chi connectivity index (χ0n) is 2.85. The van der Waals surface area contributed by atoms with Crippen molar-refractivity contribution in [2.45, 2.75) is 0 Å². The molecule has 0 bridgehead atoms. The Morgan fingerprint density at radius 3 is 2.50 bits per heavy atom. The van der Waals surface area contributed by atoms with E-state index in [1.807, 2.05) is 0 Å². The average Bonchev–Trinajstić information content (AvgIpc) is 1.65. The summed E-state index contributed by atoms with van der Waals surface area (Å²) >= 11 is 4.90. The molecule has 0 aromatic carbocycles. The molecule has 2 nitrogen and oxygen atoms in total. The van der Waals surface area contributed by atoms with Crippen molar-refractivity contribution < 1.29 is 5.11 Å². The van der Waals surface area contributed by atoms with E-state index in [1.165, 1.54) is 6.07 Å². The fraction of sp³-hybridized carbons (Fsp3) is 0. The van der Waals surface area contributed by atoms with Gasteiger partial charge in [-0.1, -0.05) is 11.6 Å². The molecule has 0 aliphatic carbocycles. The molecule has 0 heterocycles. The summed E-state index contributed by atoms with van der Waals surface area (Å²) in [6.07, 6.45) is 0.543. The molecule has 0 saturated heterocycles. The topological polar surface area (TPSA) is 44.0 Å². The first kappa shape index (κ1) is 5.32. The lowest BCUT2D eigenvalue weighted by molar-refractivity contribution is 0.472. The summed E-state index contributed by atoms with van der Waals surface area (Å²) in [6, 6.07) is 1.49. The van der Waals surface area contributed by atoms with Crippen LogP contribution in [0.5, 0.6) is 0 Å². The van der Waals surface area contributed by atoms with Crippen molar-refractivity contribution in [2.75, 3.05) is 0 Å². The summed E-state index contributed by atoms with van der Waals surface area (Å²) in [5.74, 6) is 0. The summed E-state index contributed by atoms with van der Waals surface area (Å²) < 4.78 is 0. The van der Waals surface area contributed by atoms with Gasteiger partial charge in [-0.3, -0.25) is 0 Å². The fourth-order valence-corrected chi connectivity index (χ4v) is 0.0289. The summed E-state index contributed by atoms with van der Waals surface area (Å²) in [5, 5.41) is 15.3. The van der Waals surface area contributed by atoms with Crippen LogP contribution < -0.4 is 0 Å². The highest BCUT2D eigenvalue weighted by molar-refractivity contribution is 6.31. The van der Waals surface area contributed by atoms with Gasteiger partial charge in [0.1, 0.15) is 12.3 Å². The van der Waals surface area contributed by atoms with Crippen molar-refractivity contribution in [1.82, 2.24) is 0 Å². The molecule has 1 N–H and O–H groups in total. The second-order valence-electron chi connectivity index (χ2n) is 0.589. The third-order valence-corrected chi connectivity index (χ3v) is 0.402. The number of hydrogen-bond donors (Lipinski definition) is 1. The predicted octanol–water partition coefficient (Wildman–Crippen LogP) is 1.15. The molecule has 0 saturated carbocycles. The van der Waals surface area contributed by atoms with Gasteiger partial charge in [0.25, 0.3) is 0 Å². The molecule has 0 spiro atoms. The van der Waals surface area contributed by atoms with Gasteiger partial charge < -0.3 is 5.11 Å². The van der Waals surface area contributed by atoms with Crippen LogP contribution in [0, 0.1) is 11.3 Å². The van der Waals surface area contributed by atoms with E-state index in [0.717, 1.165) is 0 Å². The van der Waals surface area contributed by atoms with E-state index >= 15 is 0 Å². The number of aliphatic hydroxyl groups is 1. The van der Waals surface area contributed by atoms with Crippen molar-refractivity contribution in [2.24, 2.45) is 0 Å². The summed E-state index contributed by atoms with van der Waals surface area (Å²) in [4.78, 5) is 0. The molecule has 0 rings (SSSR count). The molecule has 3 heteroatoms. The van der Waals surface area contributed by atoms with Gasteiger partial charge in [-0.05, 0) is 0 Å². The lowest BCUT2D eigenvalue weighted by Crippen LogP contribution is -1.56. The van der Waals surface area contributed by atoms with Crippen molar-refractivity contribution in [3.8, 4) is 6.07 Å². The van der Waals surface area contributed by atoms with E-state index in [2.05, 4.69) is 0 Å². The highest BCUT2D eigenvalue weighted by Gasteiger charge is 1.78. The van der Waals surface area contributed by atoms with Gasteiger partial charge in [0.15, 0.2) is 5.03 Å². The number of allylic oxidation sites excluding steroid dienone is 1. The van der Waals surface area contributed by atoms with Gasteiger partial charge in [0.05, 0.1) is 0 Å². The van der Waals surface area contributed by atoms with Crippen molar-refractivity contribution >= 4 is 11.6 Å². The molecule has 0 radical (unpaired) electrons. The van der Waals surface area contributed by atoms with Crippen LogP contribution in [0.1, 0.15) is 0 Å².